The smallest absolute Gasteiger partial charge is 0.223 e. The van der Waals surface area contributed by atoms with Gasteiger partial charge in [-0.25, -0.2) is 0 Å². The molecule has 6 nitrogen and oxygen atoms in total. The predicted octanol–water partition coefficient (Wildman–Crippen LogP) is 1.68. The number of carbonyl (C=O) groups is 1. The quantitative estimate of drug-likeness (QED) is 0.929. The Morgan fingerprint density at radius 2 is 2.08 bits per heavy atom. The molecule has 1 amide bonds. The number of aromatic nitrogens is 3. The van der Waals surface area contributed by atoms with E-state index in [1.54, 1.807) is 0 Å². The summed E-state index contributed by atoms with van der Waals surface area (Å²) in [7, 11) is 0. The first-order valence-corrected chi connectivity index (χ1v) is 8.77. The largest absolute Gasteiger partial charge is 0.333 e. The van der Waals surface area contributed by atoms with Gasteiger partial charge in [-0.05, 0) is 31.8 Å². The molecule has 1 unspecified atom stereocenters. The predicted molar refractivity (Wildman–Crippen MR) is 91.1 cm³/mol. The van der Waals surface area contributed by atoms with Crippen LogP contribution in [0.4, 0.5) is 0 Å². The minimum atomic E-state index is 0.248. The number of rotatable bonds is 4. The Labute approximate surface area is 141 Å². The zero-order valence-electron chi connectivity index (χ0n) is 13.8. The normalized spacial score (nSPS) is 20.2. The third kappa shape index (κ3) is 3.06. The summed E-state index contributed by atoms with van der Waals surface area (Å²) in [5.41, 5.74) is 1.07. The Morgan fingerprint density at radius 1 is 1.21 bits per heavy atom. The van der Waals surface area contributed by atoms with E-state index in [4.69, 9.17) is 0 Å². The van der Waals surface area contributed by atoms with Crippen molar-refractivity contribution in [2.75, 3.05) is 19.6 Å². The van der Waals surface area contributed by atoms with Crippen molar-refractivity contribution in [1.29, 1.82) is 0 Å². The van der Waals surface area contributed by atoms with Gasteiger partial charge in [-0.2, -0.15) is 0 Å². The molecule has 1 saturated heterocycles. The fourth-order valence-electron chi connectivity index (χ4n) is 3.62. The molecule has 0 saturated carbocycles. The summed E-state index contributed by atoms with van der Waals surface area (Å²) in [5, 5.41) is 12.0. The third-order valence-corrected chi connectivity index (χ3v) is 5.07. The SMILES string of the molecule is O=C(CCC1CCNC1)N1CCn2c(nnc2-c2ccccc2)C1. The molecular weight excluding hydrogens is 302 g/mol. The number of fused-ring (bicyclic) bond motifs is 1. The van der Waals surface area contributed by atoms with E-state index in [1.165, 1.54) is 6.42 Å². The van der Waals surface area contributed by atoms with Crippen molar-refractivity contribution in [2.24, 2.45) is 5.92 Å². The average Bonchev–Trinajstić information content (AvgIpc) is 3.29. The van der Waals surface area contributed by atoms with Crippen molar-refractivity contribution in [2.45, 2.75) is 32.4 Å². The number of hydrogen-bond acceptors (Lipinski definition) is 4. The fraction of sp³-hybridized carbons (Fsp3) is 0.500. The van der Waals surface area contributed by atoms with Crippen LogP contribution in [0.2, 0.25) is 0 Å². The second-order valence-corrected chi connectivity index (χ2v) is 6.67. The molecule has 1 aromatic heterocycles. The minimum absolute atomic E-state index is 0.248. The molecule has 126 valence electrons. The van der Waals surface area contributed by atoms with Crippen molar-refractivity contribution in [3.8, 4) is 11.4 Å². The van der Waals surface area contributed by atoms with Crippen LogP contribution in [0.15, 0.2) is 30.3 Å². The Hall–Kier alpha value is -2.21. The van der Waals surface area contributed by atoms with E-state index in [1.807, 2.05) is 35.2 Å². The summed E-state index contributed by atoms with van der Waals surface area (Å²) < 4.78 is 2.14. The molecular formula is C18H23N5O. The lowest BCUT2D eigenvalue weighted by Gasteiger charge is -2.28. The molecule has 0 aliphatic carbocycles. The second kappa shape index (κ2) is 6.73. The molecule has 24 heavy (non-hydrogen) atoms. The van der Waals surface area contributed by atoms with Gasteiger partial charge in [0.1, 0.15) is 0 Å². The van der Waals surface area contributed by atoms with E-state index in [9.17, 15) is 4.79 Å². The average molecular weight is 325 g/mol. The van der Waals surface area contributed by atoms with Crippen LogP contribution in [0.3, 0.4) is 0 Å². The lowest BCUT2D eigenvalue weighted by Crippen LogP contribution is -2.38. The van der Waals surface area contributed by atoms with E-state index in [0.717, 1.165) is 49.8 Å². The van der Waals surface area contributed by atoms with Crippen molar-refractivity contribution >= 4 is 5.91 Å². The van der Waals surface area contributed by atoms with Gasteiger partial charge in [-0.15, -0.1) is 10.2 Å². The second-order valence-electron chi connectivity index (χ2n) is 6.67. The van der Waals surface area contributed by atoms with Crippen molar-refractivity contribution in [3.05, 3.63) is 36.2 Å². The number of amides is 1. The Bertz CT molecular complexity index is 705. The zero-order valence-corrected chi connectivity index (χ0v) is 13.8. The maximum absolute atomic E-state index is 12.5. The van der Waals surface area contributed by atoms with Gasteiger partial charge in [-0.3, -0.25) is 4.79 Å². The third-order valence-electron chi connectivity index (χ3n) is 5.07. The number of nitrogens with one attached hydrogen (secondary N) is 1. The fourth-order valence-corrected chi connectivity index (χ4v) is 3.62. The Morgan fingerprint density at radius 3 is 2.88 bits per heavy atom. The van der Waals surface area contributed by atoms with Gasteiger partial charge < -0.3 is 14.8 Å². The number of hydrogen-bond donors (Lipinski definition) is 1. The number of benzene rings is 1. The zero-order chi connectivity index (χ0) is 16.4. The Balaban J connectivity index is 1.41. The van der Waals surface area contributed by atoms with Crippen molar-refractivity contribution < 1.29 is 4.79 Å². The molecule has 2 aliphatic rings. The first-order valence-electron chi connectivity index (χ1n) is 8.77. The van der Waals surface area contributed by atoms with Crippen LogP contribution in [-0.4, -0.2) is 45.2 Å². The summed E-state index contributed by atoms with van der Waals surface area (Å²) >= 11 is 0. The van der Waals surface area contributed by atoms with Crippen LogP contribution in [0.5, 0.6) is 0 Å². The summed E-state index contributed by atoms with van der Waals surface area (Å²) in [5.74, 6) is 2.69. The molecule has 3 heterocycles. The molecule has 2 aromatic rings. The number of carbonyl (C=O) groups excluding carboxylic acids is 1. The first-order chi connectivity index (χ1) is 11.8. The molecule has 1 fully saturated rings. The molecule has 0 radical (unpaired) electrons. The monoisotopic (exact) mass is 325 g/mol. The molecule has 1 atom stereocenters. The van der Waals surface area contributed by atoms with Crippen LogP contribution in [0, 0.1) is 5.92 Å². The maximum atomic E-state index is 12.5. The van der Waals surface area contributed by atoms with Gasteiger partial charge in [-0.1, -0.05) is 30.3 Å². The molecule has 0 bridgehead atoms. The van der Waals surface area contributed by atoms with E-state index in [0.29, 0.717) is 18.9 Å². The molecule has 2 aliphatic heterocycles. The highest BCUT2D eigenvalue weighted by Crippen LogP contribution is 2.22. The van der Waals surface area contributed by atoms with Gasteiger partial charge in [0.2, 0.25) is 5.91 Å². The van der Waals surface area contributed by atoms with E-state index >= 15 is 0 Å². The lowest BCUT2D eigenvalue weighted by atomic mass is 10.0. The van der Waals surface area contributed by atoms with Crippen LogP contribution in [0.1, 0.15) is 25.1 Å². The summed E-state index contributed by atoms with van der Waals surface area (Å²) in [6.07, 6.45) is 2.83. The van der Waals surface area contributed by atoms with Crippen LogP contribution < -0.4 is 5.32 Å². The highest BCUT2D eigenvalue weighted by Gasteiger charge is 2.25. The van der Waals surface area contributed by atoms with Gasteiger partial charge >= 0.3 is 0 Å². The minimum Gasteiger partial charge on any atom is -0.333 e. The van der Waals surface area contributed by atoms with Gasteiger partial charge in [0, 0.05) is 25.1 Å². The van der Waals surface area contributed by atoms with Gasteiger partial charge in [0.05, 0.1) is 6.54 Å². The Kier molecular flexibility index (Phi) is 4.30. The van der Waals surface area contributed by atoms with Gasteiger partial charge in [0.15, 0.2) is 11.6 Å². The highest BCUT2D eigenvalue weighted by atomic mass is 16.2. The molecule has 1 N–H and O–H groups in total. The van der Waals surface area contributed by atoms with Gasteiger partial charge in [0.25, 0.3) is 0 Å². The summed E-state index contributed by atoms with van der Waals surface area (Å²) in [4.78, 5) is 14.4. The van der Waals surface area contributed by atoms with E-state index < -0.39 is 0 Å². The van der Waals surface area contributed by atoms with E-state index in [2.05, 4.69) is 20.1 Å². The lowest BCUT2D eigenvalue weighted by molar-refractivity contribution is -0.133. The van der Waals surface area contributed by atoms with E-state index in [-0.39, 0.29) is 5.91 Å². The maximum Gasteiger partial charge on any atom is 0.223 e. The molecule has 6 heteroatoms. The topological polar surface area (TPSA) is 63.1 Å². The number of nitrogens with zero attached hydrogens (tertiary/aromatic N) is 4. The van der Waals surface area contributed by atoms with Crippen molar-refractivity contribution in [3.63, 3.8) is 0 Å². The summed E-state index contributed by atoms with van der Waals surface area (Å²) in [6.45, 7) is 4.23. The highest BCUT2D eigenvalue weighted by molar-refractivity contribution is 5.76. The van der Waals surface area contributed by atoms with Crippen LogP contribution in [-0.2, 0) is 17.9 Å². The summed E-state index contributed by atoms with van der Waals surface area (Å²) in [6, 6.07) is 10.1. The van der Waals surface area contributed by atoms with Crippen LogP contribution in [0.25, 0.3) is 11.4 Å². The first kappa shape index (κ1) is 15.3. The molecule has 0 spiro atoms. The molecule has 4 rings (SSSR count). The van der Waals surface area contributed by atoms with Crippen LogP contribution >= 0.6 is 0 Å². The van der Waals surface area contributed by atoms with Crippen molar-refractivity contribution in [1.82, 2.24) is 25.0 Å². The standard InChI is InChI=1S/C18H23N5O/c24-17(7-6-14-8-9-19-12-14)22-10-11-23-16(13-22)20-21-18(23)15-4-2-1-3-5-15/h1-5,14,19H,6-13H2. The molecule has 1 aromatic carbocycles.